The van der Waals surface area contributed by atoms with Gasteiger partial charge in [-0.05, 0) is 31.0 Å². The van der Waals surface area contributed by atoms with Gasteiger partial charge in [-0.15, -0.1) is 11.3 Å². The van der Waals surface area contributed by atoms with Crippen LogP contribution >= 0.6 is 11.3 Å². The molecular formula is C18H19N3OS. The maximum Gasteiger partial charge on any atom is 0.222 e. The van der Waals surface area contributed by atoms with Crippen molar-refractivity contribution < 1.29 is 4.79 Å². The standard InChI is InChI=1S/C18H19N3OS/c1-13-17(23-12-20-13)8-9-18(22)21(2)11-14-5-3-7-16-15(14)6-4-10-19-16/h3-7,10,12H,8-9,11H2,1-2H3. The molecule has 5 heteroatoms. The molecule has 0 fully saturated rings. The van der Waals surface area contributed by atoms with Gasteiger partial charge in [0, 0.05) is 36.5 Å². The molecule has 118 valence electrons. The lowest BCUT2D eigenvalue weighted by Gasteiger charge is -2.18. The number of rotatable bonds is 5. The second-order valence-electron chi connectivity index (χ2n) is 5.60. The Morgan fingerprint density at radius 2 is 2.09 bits per heavy atom. The molecule has 0 saturated heterocycles. The van der Waals surface area contributed by atoms with Crippen molar-refractivity contribution in [3.05, 3.63) is 58.2 Å². The fraction of sp³-hybridized carbons (Fsp3) is 0.278. The zero-order valence-corrected chi connectivity index (χ0v) is 14.1. The summed E-state index contributed by atoms with van der Waals surface area (Å²) in [6.45, 7) is 2.59. The van der Waals surface area contributed by atoms with Crippen LogP contribution in [0.2, 0.25) is 0 Å². The zero-order chi connectivity index (χ0) is 16.2. The Balaban J connectivity index is 1.67. The summed E-state index contributed by atoms with van der Waals surface area (Å²) >= 11 is 1.62. The fourth-order valence-electron chi connectivity index (χ4n) is 2.63. The molecule has 1 aromatic carbocycles. The number of nitrogens with zero attached hydrogens (tertiary/aromatic N) is 3. The van der Waals surface area contributed by atoms with Crippen molar-refractivity contribution in [2.24, 2.45) is 0 Å². The van der Waals surface area contributed by atoms with Crippen molar-refractivity contribution in [2.45, 2.75) is 26.3 Å². The van der Waals surface area contributed by atoms with Gasteiger partial charge in [-0.1, -0.05) is 18.2 Å². The number of hydrogen-bond acceptors (Lipinski definition) is 4. The predicted octanol–water partition coefficient (Wildman–Crippen LogP) is 3.59. The second kappa shape index (κ2) is 6.87. The van der Waals surface area contributed by atoms with Gasteiger partial charge in [-0.3, -0.25) is 9.78 Å². The first kappa shape index (κ1) is 15.6. The number of pyridine rings is 1. The van der Waals surface area contributed by atoms with E-state index in [1.54, 1.807) is 22.4 Å². The molecule has 23 heavy (non-hydrogen) atoms. The molecular weight excluding hydrogens is 306 g/mol. The van der Waals surface area contributed by atoms with Crippen molar-refractivity contribution in [1.29, 1.82) is 0 Å². The fourth-order valence-corrected chi connectivity index (χ4v) is 3.41. The molecule has 2 aromatic heterocycles. The molecule has 0 radical (unpaired) electrons. The van der Waals surface area contributed by atoms with E-state index in [1.165, 1.54) is 4.88 Å². The van der Waals surface area contributed by atoms with E-state index < -0.39 is 0 Å². The molecule has 0 saturated carbocycles. The number of carbonyl (C=O) groups is 1. The quantitative estimate of drug-likeness (QED) is 0.720. The van der Waals surface area contributed by atoms with Crippen LogP contribution in [0.1, 0.15) is 22.6 Å². The Morgan fingerprint density at radius 3 is 2.87 bits per heavy atom. The SMILES string of the molecule is Cc1ncsc1CCC(=O)N(C)Cc1cccc2ncccc12. The minimum absolute atomic E-state index is 0.152. The number of thiazole rings is 1. The minimum atomic E-state index is 0.152. The monoisotopic (exact) mass is 325 g/mol. The van der Waals surface area contributed by atoms with Crippen LogP contribution in [0.3, 0.4) is 0 Å². The normalized spacial score (nSPS) is 10.9. The average molecular weight is 325 g/mol. The lowest BCUT2D eigenvalue weighted by molar-refractivity contribution is -0.130. The maximum atomic E-state index is 12.4. The number of hydrogen-bond donors (Lipinski definition) is 0. The number of aryl methyl sites for hydroxylation is 2. The van der Waals surface area contributed by atoms with E-state index in [-0.39, 0.29) is 5.91 Å². The van der Waals surface area contributed by atoms with E-state index in [2.05, 4.69) is 22.1 Å². The average Bonchev–Trinajstić information content (AvgIpc) is 2.98. The van der Waals surface area contributed by atoms with E-state index in [1.807, 2.05) is 37.7 Å². The molecule has 3 aromatic rings. The van der Waals surface area contributed by atoms with Crippen LogP contribution in [0.4, 0.5) is 0 Å². The Labute approximate surface area is 139 Å². The van der Waals surface area contributed by atoms with Crippen molar-refractivity contribution in [3.63, 3.8) is 0 Å². The van der Waals surface area contributed by atoms with Crippen LogP contribution < -0.4 is 0 Å². The molecule has 0 spiro atoms. The van der Waals surface area contributed by atoms with E-state index in [9.17, 15) is 4.79 Å². The number of amides is 1. The van der Waals surface area contributed by atoms with Crippen molar-refractivity contribution in [3.8, 4) is 0 Å². The second-order valence-corrected chi connectivity index (χ2v) is 6.54. The zero-order valence-electron chi connectivity index (χ0n) is 13.3. The molecule has 0 aliphatic heterocycles. The lowest BCUT2D eigenvalue weighted by atomic mass is 10.1. The predicted molar refractivity (Wildman–Crippen MR) is 93.4 cm³/mol. The first-order valence-electron chi connectivity index (χ1n) is 7.60. The number of benzene rings is 1. The summed E-state index contributed by atoms with van der Waals surface area (Å²) in [5.41, 5.74) is 4.96. The van der Waals surface area contributed by atoms with Gasteiger partial charge in [0.15, 0.2) is 0 Å². The van der Waals surface area contributed by atoms with E-state index in [0.717, 1.165) is 28.6 Å². The van der Waals surface area contributed by atoms with Crippen LogP contribution in [0.15, 0.2) is 42.0 Å². The summed E-state index contributed by atoms with van der Waals surface area (Å²) in [4.78, 5) is 24.0. The number of aromatic nitrogens is 2. The van der Waals surface area contributed by atoms with Gasteiger partial charge in [0.1, 0.15) is 0 Å². The van der Waals surface area contributed by atoms with Crippen LogP contribution in [-0.2, 0) is 17.8 Å². The maximum absolute atomic E-state index is 12.4. The van der Waals surface area contributed by atoms with Gasteiger partial charge < -0.3 is 4.90 Å². The van der Waals surface area contributed by atoms with Gasteiger partial charge in [-0.25, -0.2) is 4.98 Å². The summed E-state index contributed by atoms with van der Waals surface area (Å²) in [6.07, 6.45) is 3.07. The molecule has 0 N–H and O–H groups in total. The highest BCUT2D eigenvalue weighted by Gasteiger charge is 2.12. The molecule has 0 aliphatic carbocycles. The van der Waals surface area contributed by atoms with Gasteiger partial charge in [-0.2, -0.15) is 0 Å². The Kier molecular flexibility index (Phi) is 4.67. The largest absolute Gasteiger partial charge is 0.341 e. The van der Waals surface area contributed by atoms with Crippen LogP contribution in [-0.4, -0.2) is 27.8 Å². The van der Waals surface area contributed by atoms with Crippen LogP contribution in [0.5, 0.6) is 0 Å². The molecule has 2 heterocycles. The summed E-state index contributed by atoms with van der Waals surface area (Å²) < 4.78 is 0. The third-order valence-electron chi connectivity index (χ3n) is 3.98. The third-order valence-corrected chi connectivity index (χ3v) is 4.97. The highest BCUT2D eigenvalue weighted by molar-refractivity contribution is 7.09. The van der Waals surface area contributed by atoms with Crippen molar-refractivity contribution in [2.75, 3.05) is 7.05 Å². The summed E-state index contributed by atoms with van der Waals surface area (Å²) in [6, 6.07) is 10.0. The molecule has 4 nitrogen and oxygen atoms in total. The molecule has 3 rings (SSSR count). The van der Waals surface area contributed by atoms with Crippen LogP contribution in [0, 0.1) is 6.92 Å². The summed E-state index contributed by atoms with van der Waals surface area (Å²) in [5, 5.41) is 1.10. The van der Waals surface area contributed by atoms with Gasteiger partial charge in [0.25, 0.3) is 0 Å². The number of fused-ring (bicyclic) bond motifs is 1. The third kappa shape index (κ3) is 3.56. The first-order valence-corrected chi connectivity index (χ1v) is 8.48. The summed E-state index contributed by atoms with van der Waals surface area (Å²) in [5.74, 6) is 0.152. The topological polar surface area (TPSA) is 46.1 Å². The van der Waals surface area contributed by atoms with E-state index in [4.69, 9.17) is 0 Å². The number of carbonyl (C=O) groups excluding carboxylic acids is 1. The smallest absolute Gasteiger partial charge is 0.222 e. The minimum Gasteiger partial charge on any atom is -0.341 e. The molecule has 0 aliphatic rings. The van der Waals surface area contributed by atoms with Crippen molar-refractivity contribution in [1.82, 2.24) is 14.9 Å². The summed E-state index contributed by atoms with van der Waals surface area (Å²) in [7, 11) is 1.86. The highest BCUT2D eigenvalue weighted by atomic mass is 32.1. The van der Waals surface area contributed by atoms with Gasteiger partial charge in [0.2, 0.25) is 5.91 Å². The van der Waals surface area contributed by atoms with E-state index >= 15 is 0 Å². The molecule has 0 atom stereocenters. The van der Waals surface area contributed by atoms with Gasteiger partial charge >= 0.3 is 0 Å². The Hall–Kier alpha value is -2.27. The Bertz CT molecular complexity index is 823. The molecule has 1 amide bonds. The van der Waals surface area contributed by atoms with Crippen molar-refractivity contribution >= 4 is 28.1 Å². The van der Waals surface area contributed by atoms with Gasteiger partial charge in [0.05, 0.1) is 16.7 Å². The lowest BCUT2D eigenvalue weighted by Crippen LogP contribution is -2.26. The first-order chi connectivity index (χ1) is 11.1. The molecule has 0 bridgehead atoms. The Morgan fingerprint density at radius 1 is 1.22 bits per heavy atom. The van der Waals surface area contributed by atoms with E-state index in [0.29, 0.717) is 13.0 Å². The van der Waals surface area contributed by atoms with Crippen LogP contribution in [0.25, 0.3) is 10.9 Å². The highest BCUT2D eigenvalue weighted by Crippen LogP contribution is 2.19. The molecule has 0 unspecified atom stereocenters.